The predicted molar refractivity (Wildman–Crippen MR) is 54.5 cm³/mol. The molecule has 0 amide bonds. The lowest BCUT2D eigenvalue weighted by Crippen LogP contribution is -2.42. The highest BCUT2D eigenvalue weighted by molar-refractivity contribution is 4.83. The van der Waals surface area contributed by atoms with Gasteiger partial charge in [-0.25, -0.2) is 0 Å². The van der Waals surface area contributed by atoms with Crippen molar-refractivity contribution in [1.82, 2.24) is 4.90 Å². The van der Waals surface area contributed by atoms with E-state index < -0.39 is 0 Å². The molecule has 0 unspecified atom stereocenters. The van der Waals surface area contributed by atoms with Crippen LogP contribution in [-0.2, 0) is 0 Å². The van der Waals surface area contributed by atoms with Crippen LogP contribution >= 0.6 is 0 Å². The van der Waals surface area contributed by atoms with E-state index in [2.05, 4.69) is 18.7 Å². The summed E-state index contributed by atoms with van der Waals surface area (Å²) in [4.78, 5) is 2.34. The number of aliphatic hydroxyl groups is 1. The number of β-amino-alcohol motifs (C(OH)–C–C–N with tert-alkyl or cyclic N) is 1. The molecule has 0 spiro atoms. The average molecular weight is 186 g/mol. The van der Waals surface area contributed by atoms with Gasteiger partial charge in [0.05, 0.1) is 6.10 Å². The standard InChI is InChI=1S/C10H22N2O/c1-3-6-12-7-10(13)9(11)5-4-8(12)2/h8-10,13H,3-7,11H2,1-2H3/t8-,9+,10+/m1/s1. The van der Waals surface area contributed by atoms with Gasteiger partial charge in [0.2, 0.25) is 0 Å². The molecule has 1 rings (SSSR count). The van der Waals surface area contributed by atoms with Crippen LogP contribution in [0.25, 0.3) is 0 Å². The summed E-state index contributed by atoms with van der Waals surface area (Å²) in [5.74, 6) is 0. The number of rotatable bonds is 2. The molecule has 0 aliphatic carbocycles. The number of likely N-dealkylation sites (tertiary alicyclic amines) is 1. The SMILES string of the molecule is CCCN1C[C@H](O)[C@@H](N)CC[C@H]1C. The molecule has 3 atom stereocenters. The van der Waals surface area contributed by atoms with Crippen molar-refractivity contribution in [2.45, 2.75) is 51.3 Å². The lowest BCUT2D eigenvalue weighted by atomic mass is 10.1. The van der Waals surface area contributed by atoms with Crippen LogP contribution in [-0.4, -0.2) is 41.3 Å². The monoisotopic (exact) mass is 186 g/mol. The molecule has 1 aliphatic rings. The molecule has 3 N–H and O–H groups in total. The molecule has 1 fully saturated rings. The zero-order chi connectivity index (χ0) is 9.84. The van der Waals surface area contributed by atoms with Gasteiger partial charge < -0.3 is 10.8 Å². The largest absolute Gasteiger partial charge is 0.390 e. The first-order valence-electron chi connectivity index (χ1n) is 5.32. The minimum Gasteiger partial charge on any atom is -0.390 e. The first kappa shape index (κ1) is 11.0. The Morgan fingerprint density at radius 1 is 1.46 bits per heavy atom. The van der Waals surface area contributed by atoms with Gasteiger partial charge in [0, 0.05) is 18.6 Å². The van der Waals surface area contributed by atoms with E-state index in [9.17, 15) is 5.11 Å². The average Bonchev–Trinajstić information content (AvgIpc) is 2.21. The van der Waals surface area contributed by atoms with E-state index in [0.29, 0.717) is 6.04 Å². The van der Waals surface area contributed by atoms with Gasteiger partial charge in [0.25, 0.3) is 0 Å². The molecule has 3 heteroatoms. The summed E-state index contributed by atoms with van der Waals surface area (Å²) in [6, 6.07) is 0.549. The van der Waals surface area contributed by atoms with Gasteiger partial charge in [-0.05, 0) is 32.7 Å². The molecule has 1 saturated heterocycles. The van der Waals surface area contributed by atoms with Crippen LogP contribution in [0.3, 0.4) is 0 Å². The molecular weight excluding hydrogens is 164 g/mol. The van der Waals surface area contributed by atoms with E-state index in [-0.39, 0.29) is 12.1 Å². The number of hydrogen-bond acceptors (Lipinski definition) is 3. The number of nitrogens with zero attached hydrogens (tertiary/aromatic N) is 1. The first-order valence-corrected chi connectivity index (χ1v) is 5.32. The molecule has 0 saturated carbocycles. The molecule has 0 bridgehead atoms. The second-order valence-corrected chi connectivity index (χ2v) is 4.15. The summed E-state index contributed by atoms with van der Waals surface area (Å²) in [6.45, 7) is 6.21. The highest BCUT2D eigenvalue weighted by Crippen LogP contribution is 2.16. The Kier molecular flexibility index (Phi) is 4.16. The number of aliphatic hydroxyl groups excluding tert-OH is 1. The van der Waals surface area contributed by atoms with Crippen molar-refractivity contribution < 1.29 is 5.11 Å². The van der Waals surface area contributed by atoms with Crippen LogP contribution in [0.15, 0.2) is 0 Å². The van der Waals surface area contributed by atoms with Crippen LogP contribution in [0.1, 0.15) is 33.1 Å². The smallest absolute Gasteiger partial charge is 0.0817 e. The van der Waals surface area contributed by atoms with Crippen molar-refractivity contribution in [3.8, 4) is 0 Å². The van der Waals surface area contributed by atoms with Crippen molar-refractivity contribution >= 4 is 0 Å². The topological polar surface area (TPSA) is 49.5 Å². The van der Waals surface area contributed by atoms with Crippen molar-refractivity contribution in [3.63, 3.8) is 0 Å². The molecule has 78 valence electrons. The molecule has 0 aromatic heterocycles. The van der Waals surface area contributed by atoms with Crippen LogP contribution in [0.5, 0.6) is 0 Å². The summed E-state index contributed by atoms with van der Waals surface area (Å²) in [5.41, 5.74) is 5.82. The van der Waals surface area contributed by atoms with E-state index in [1.54, 1.807) is 0 Å². The Hall–Kier alpha value is -0.120. The molecule has 13 heavy (non-hydrogen) atoms. The van der Waals surface area contributed by atoms with E-state index in [4.69, 9.17) is 5.73 Å². The third-order valence-electron chi connectivity index (χ3n) is 2.97. The maximum Gasteiger partial charge on any atom is 0.0817 e. The summed E-state index contributed by atoms with van der Waals surface area (Å²) < 4.78 is 0. The Morgan fingerprint density at radius 2 is 2.15 bits per heavy atom. The van der Waals surface area contributed by atoms with Crippen molar-refractivity contribution in [2.24, 2.45) is 5.73 Å². The molecule has 0 aromatic rings. The van der Waals surface area contributed by atoms with Crippen molar-refractivity contribution in [3.05, 3.63) is 0 Å². The quantitative estimate of drug-likeness (QED) is 0.663. The van der Waals surface area contributed by atoms with E-state index in [0.717, 1.165) is 32.4 Å². The third-order valence-corrected chi connectivity index (χ3v) is 2.97. The van der Waals surface area contributed by atoms with Gasteiger partial charge in [-0.15, -0.1) is 0 Å². The zero-order valence-corrected chi connectivity index (χ0v) is 8.74. The first-order chi connectivity index (χ1) is 6.15. The molecule has 0 radical (unpaired) electrons. The van der Waals surface area contributed by atoms with E-state index >= 15 is 0 Å². The zero-order valence-electron chi connectivity index (χ0n) is 8.74. The van der Waals surface area contributed by atoms with Crippen LogP contribution in [0.2, 0.25) is 0 Å². The van der Waals surface area contributed by atoms with Crippen LogP contribution < -0.4 is 5.73 Å². The maximum absolute atomic E-state index is 9.71. The van der Waals surface area contributed by atoms with Gasteiger partial charge in [0.15, 0.2) is 0 Å². The fourth-order valence-electron chi connectivity index (χ4n) is 1.96. The Bertz CT molecular complexity index is 152. The molecule has 0 aromatic carbocycles. The van der Waals surface area contributed by atoms with Gasteiger partial charge in [-0.2, -0.15) is 0 Å². The Balaban J connectivity index is 2.52. The Morgan fingerprint density at radius 3 is 2.77 bits per heavy atom. The minimum atomic E-state index is -0.337. The number of nitrogens with two attached hydrogens (primary N) is 1. The molecular formula is C10H22N2O. The lowest BCUT2D eigenvalue weighted by molar-refractivity contribution is 0.0937. The summed E-state index contributed by atoms with van der Waals surface area (Å²) in [6.07, 6.45) is 2.86. The van der Waals surface area contributed by atoms with E-state index in [1.165, 1.54) is 0 Å². The highest BCUT2D eigenvalue weighted by atomic mass is 16.3. The predicted octanol–water partition coefficient (Wildman–Crippen LogP) is 0.569. The van der Waals surface area contributed by atoms with Gasteiger partial charge in [-0.3, -0.25) is 4.90 Å². The van der Waals surface area contributed by atoms with Crippen molar-refractivity contribution in [1.29, 1.82) is 0 Å². The second-order valence-electron chi connectivity index (χ2n) is 4.15. The summed E-state index contributed by atoms with van der Waals surface area (Å²) >= 11 is 0. The summed E-state index contributed by atoms with van der Waals surface area (Å²) in [5, 5.41) is 9.71. The lowest BCUT2D eigenvalue weighted by Gasteiger charge is -2.27. The number of hydrogen-bond donors (Lipinski definition) is 2. The van der Waals surface area contributed by atoms with Crippen molar-refractivity contribution in [2.75, 3.05) is 13.1 Å². The van der Waals surface area contributed by atoms with Gasteiger partial charge >= 0.3 is 0 Å². The fraction of sp³-hybridized carbons (Fsp3) is 1.00. The second kappa shape index (κ2) is 4.94. The van der Waals surface area contributed by atoms with Gasteiger partial charge in [-0.1, -0.05) is 6.92 Å². The minimum absolute atomic E-state index is 0.0238. The molecule has 3 nitrogen and oxygen atoms in total. The molecule has 1 aliphatic heterocycles. The van der Waals surface area contributed by atoms with Crippen LogP contribution in [0, 0.1) is 0 Å². The van der Waals surface area contributed by atoms with E-state index in [1.807, 2.05) is 0 Å². The highest BCUT2D eigenvalue weighted by Gasteiger charge is 2.25. The Labute approximate surface area is 80.9 Å². The normalized spacial score (nSPS) is 37.4. The summed E-state index contributed by atoms with van der Waals surface area (Å²) in [7, 11) is 0. The van der Waals surface area contributed by atoms with Gasteiger partial charge in [0.1, 0.15) is 0 Å². The van der Waals surface area contributed by atoms with Crippen LogP contribution in [0.4, 0.5) is 0 Å². The fourth-order valence-corrected chi connectivity index (χ4v) is 1.96. The molecule has 1 heterocycles. The third kappa shape index (κ3) is 2.93. The maximum atomic E-state index is 9.71.